The first-order valence-electron chi connectivity index (χ1n) is 10.6. The summed E-state index contributed by atoms with van der Waals surface area (Å²) in [6.07, 6.45) is 7.36. The minimum absolute atomic E-state index is 0.0660. The number of thioether (sulfide) groups is 1. The van der Waals surface area contributed by atoms with E-state index in [0.29, 0.717) is 18.2 Å². The quantitative estimate of drug-likeness (QED) is 0.644. The van der Waals surface area contributed by atoms with Gasteiger partial charge in [-0.1, -0.05) is 6.07 Å². The third-order valence-corrected chi connectivity index (χ3v) is 7.02. The minimum Gasteiger partial charge on any atom is -0.338 e. The molecule has 156 valence electrons. The Morgan fingerprint density at radius 2 is 1.90 bits per heavy atom. The number of carbonyl (C=O) groups excluding carboxylic acids is 1. The molecule has 7 nitrogen and oxygen atoms in total. The van der Waals surface area contributed by atoms with Crippen LogP contribution in [-0.4, -0.2) is 79.0 Å². The lowest BCUT2D eigenvalue weighted by Gasteiger charge is -2.40. The standard InChI is InChI=1S/C22H26N6OS/c29-22(27-7-4-19(5-8-27)26-9-11-30-12-10-26)17-13-20-21(24-14-17)28(16-25-20)15-18-3-1-2-6-23-18/h1-3,6,13-14,16,19H,4-5,7-12,15H2. The number of hydrogen-bond acceptors (Lipinski definition) is 6. The van der Waals surface area contributed by atoms with Gasteiger partial charge in [-0.15, -0.1) is 0 Å². The summed E-state index contributed by atoms with van der Waals surface area (Å²) in [6, 6.07) is 8.35. The molecule has 3 aromatic rings. The molecule has 0 atom stereocenters. The van der Waals surface area contributed by atoms with Crippen LogP contribution >= 0.6 is 11.8 Å². The summed E-state index contributed by atoms with van der Waals surface area (Å²) in [5.41, 5.74) is 3.10. The fraction of sp³-hybridized carbons (Fsp3) is 0.455. The Labute approximate surface area is 180 Å². The number of amides is 1. The SMILES string of the molecule is O=C(c1cnc2c(c1)ncn2Cc1ccccn1)N1CCC(N2CCSCC2)CC1. The van der Waals surface area contributed by atoms with E-state index in [1.807, 2.05) is 45.5 Å². The Balaban J connectivity index is 1.25. The second-order valence-corrected chi connectivity index (χ2v) is 9.16. The summed E-state index contributed by atoms with van der Waals surface area (Å²) in [4.78, 5) is 31.0. The Bertz CT molecular complexity index is 1010. The normalized spacial score (nSPS) is 18.7. The van der Waals surface area contributed by atoms with Crippen LogP contribution in [0.25, 0.3) is 11.2 Å². The Morgan fingerprint density at radius 3 is 2.67 bits per heavy atom. The third kappa shape index (κ3) is 4.06. The van der Waals surface area contributed by atoms with Gasteiger partial charge in [0.15, 0.2) is 5.65 Å². The fourth-order valence-corrected chi connectivity index (χ4v) is 5.34. The molecule has 30 heavy (non-hydrogen) atoms. The van der Waals surface area contributed by atoms with Gasteiger partial charge >= 0.3 is 0 Å². The van der Waals surface area contributed by atoms with Gasteiger partial charge in [0.2, 0.25) is 0 Å². The molecule has 8 heteroatoms. The van der Waals surface area contributed by atoms with E-state index in [-0.39, 0.29) is 5.91 Å². The predicted octanol–water partition coefficient (Wildman–Crippen LogP) is 2.53. The van der Waals surface area contributed by atoms with Crippen molar-refractivity contribution in [2.75, 3.05) is 37.7 Å². The Kier molecular flexibility index (Phi) is 5.68. The summed E-state index contributed by atoms with van der Waals surface area (Å²) >= 11 is 2.04. The van der Waals surface area contributed by atoms with Gasteiger partial charge < -0.3 is 9.47 Å². The molecule has 0 bridgehead atoms. The van der Waals surface area contributed by atoms with Crippen LogP contribution in [0.1, 0.15) is 28.9 Å². The van der Waals surface area contributed by atoms with Crippen molar-refractivity contribution >= 4 is 28.8 Å². The van der Waals surface area contributed by atoms with Gasteiger partial charge in [0.1, 0.15) is 5.52 Å². The van der Waals surface area contributed by atoms with E-state index in [4.69, 9.17) is 0 Å². The van der Waals surface area contributed by atoms with Gasteiger partial charge in [-0.25, -0.2) is 9.97 Å². The fourth-order valence-electron chi connectivity index (χ4n) is 4.41. The second-order valence-electron chi connectivity index (χ2n) is 7.93. The third-order valence-electron chi connectivity index (χ3n) is 6.07. The Morgan fingerprint density at radius 1 is 1.07 bits per heavy atom. The molecule has 5 heterocycles. The summed E-state index contributed by atoms with van der Waals surface area (Å²) in [6.45, 7) is 4.62. The zero-order valence-corrected chi connectivity index (χ0v) is 17.8. The largest absolute Gasteiger partial charge is 0.338 e. The molecule has 3 aromatic heterocycles. The summed E-state index contributed by atoms with van der Waals surface area (Å²) in [5, 5.41) is 0. The number of hydrogen-bond donors (Lipinski definition) is 0. The van der Waals surface area contributed by atoms with Crippen LogP contribution < -0.4 is 0 Å². The maximum atomic E-state index is 13.0. The maximum absolute atomic E-state index is 13.0. The van der Waals surface area contributed by atoms with Crippen LogP contribution in [0.15, 0.2) is 43.0 Å². The van der Waals surface area contributed by atoms with Crippen LogP contribution in [0.4, 0.5) is 0 Å². The topological polar surface area (TPSA) is 67.2 Å². The first-order chi connectivity index (χ1) is 14.8. The molecule has 2 aliphatic heterocycles. The zero-order valence-electron chi connectivity index (χ0n) is 17.0. The van der Waals surface area contributed by atoms with Crippen molar-refractivity contribution in [2.24, 2.45) is 0 Å². The van der Waals surface area contributed by atoms with Crippen LogP contribution in [-0.2, 0) is 6.54 Å². The average molecular weight is 423 g/mol. The lowest BCUT2D eigenvalue weighted by atomic mass is 10.0. The van der Waals surface area contributed by atoms with Gasteiger partial charge in [-0.2, -0.15) is 11.8 Å². The van der Waals surface area contributed by atoms with Crippen LogP contribution in [0.3, 0.4) is 0 Å². The van der Waals surface area contributed by atoms with E-state index in [9.17, 15) is 4.79 Å². The molecule has 1 amide bonds. The van der Waals surface area contributed by atoms with E-state index < -0.39 is 0 Å². The first-order valence-corrected chi connectivity index (χ1v) is 11.8. The zero-order chi connectivity index (χ0) is 20.3. The number of rotatable bonds is 4. The number of likely N-dealkylation sites (tertiary alicyclic amines) is 1. The monoisotopic (exact) mass is 422 g/mol. The number of imidazole rings is 1. The summed E-state index contributed by atoms with van der Waals surface area (Å²) < 4.78 is 1.97. The van der Waals surface area contributed by atoms with Crippen molar-refractivity contribution in [3.63, 3.8) is 0 Å². The number of aromatic nitrogens is 4. The molecule has 2 aliphatic rings. The molecule has 2 fully saturated rings. The van der Waals surface area contributed by atoms with Crippen molar-refractivity contribution in [3.8, 4) is 0 Å². The lowest BCUT2D eigenvalue weighted by molar-refractivity contribution is 0.0630. The number of piperidine rings is 1. The molecule has 0 spiro atoms. The van der Waals surface area contributed by atoms with E-state index >= 15 is 0 Å². The van der Waals surface area contributed by atoms with Crippen molar-refractivity contribution in [2.45, 2.75) is 25.4 Å². The highest BCUT2D eigenvalue weighted by Crippen LogP contribution is 2.22. The summed E-state index contributed by atoms with van der Waals surface area (Å²) in [7, 11) is 0. The lowest BCUT2D eigenvalue weighted by Crippen LogP contribution is -2.49. The molecule has 0 N–H and O–H groups in total. The summed E-state index contributed by atoms with van der Waals surface area (Å²) in [5.74, 6) is 2.53. The number of nitrogens with zero attached hydrogens (tertiary/aromatic N) is 6. The molecule has 2 saturated heterocycles. The Hall–Kier alpha value is -2.45. The van der Waals surface area contributed by atoms with Crippen molar-refractivity contribution in [1.29, 1.82) is 0 Å². The van der Waals surface area contributed by atoms with Crippen LogP contribution in [0.2, 0.25) is 0 Å². The molecular weight excluding hydrogens is 396 g/mol. The smallest absolute Gasteiger partial charge is 0.255 e. The molecule has 0 aliphatic carbocycles. The minimum atomic E-state index is 0.0660. The highest BCUT2D eigenvalue weighted by Gasteiger charge is 2.28. The van der Waals surface area contributed by atoms with Crippen molar-refractivity contribution in [3.05, 3.63) is 54.2 Å². The molecule has 0 radical (unpaired) electrons. The predicted molar refractivity (Wildman–Crippen MR) is 119 cm³/mol. The number of carbonyl (C=O) groups is 1. The van der Waals surface area contributed by atoms with Gasteiger partial charge in [-0.05, 0) is 31.0 Å². The van der Waals surface area contributed by atoms with E-state index in [2.05, 4.69) is 19.9 Å². The molecular formula is C22H26N6OS. The van der Waals surface area contributed by atoms with Gasteiger partial charge in [0.05, 0.1) is 24.1 Å². The van der Waals surface area contributed by atoms with Gasteiger partial charge in [0.25, 0.3) is 5.91 Å². The first kappa shape index (κ1) is 19.5. The van der Waals surface area contributed by atoms with E-state index in [0.717, 1.165) is 42.8 Å². The number of fused-ring (bicyclic) bond motifs is 1. The average Bonchev–Trinajstić information content (AvgIpc) is 3.22. The highest BCUT2D eigenvalue weighted by atomic mass is 32.2. The van der Waals surface area contributed by atoms with Crippen molar-refractivity contribution in [1.82, 2.24) is 29.3 Å². The van der Waals surface area contributed by atoms with E-state index in [1.165, 1.54) is 24.6 Å². The van der Waals surface area contributed by atoms with Crippen molar-refractivity contribution < 1.29 is 4.79 Å². The molecule has 0 aromatic carbocycles. The maximum Gasteiger partial charge on any atom is 0.255 e. The number of pyridine rings is 2. The van der Waals surface area contributed by atoms with Crippen LogP contribution in [0.5, 0.6) is 0 Å². The molecule has 0 unspecified atom stereocenters. The van der Waals surface area contributed by atoms with Gasteiger partial charge in [0, 0.05) is 56.1 Å². The van der Waals surface area contributed by atoms with Crippen LogP contribution in [0, 0.1) is 0 Å². The second kappa shape index (κ2) is 8.73. The molecule has 5 rings (SSSR count). The highest BCUT2D eigenvalue weighted by molar-refractivity contribution is 7.99. The van der Waals surface area contributed by atoms with Gasteiger partial charge in [-0.3, -0.25) is 14.7 Å². The van der Waals surface area contributed by atoms with E-state index in [1.54, 1.807) is 18.7 Å². The molecule has 0 saturated carbocycles.